The number of nitrogens with zero attached hydrogens (tertiary/aromatic N) is 1. The molecule has 2 rings (SSSR count). The third-order valence-electron chi connectivity index (χ3n) is 2.60. The van der Waals surface area contributed by atoms with E-state index in [4.69, 9.17) is 0 Å². The van der Waals surface area contributed by atoms with Crippen molar-refractivity contribution in [1.29, 1.82) is 0 Å². The van der Waals surface area contributed by atoms with E-state index in [1.165, 1.54) is 12.1 Å². The van der Waals surface area contributed by atoms with Gasteiger partial charge in [-0.25, -0.2) is 9.37 Å². The first-order valence-electron chi connectivity index (χ1n) is 5.55. The maximum atomic E-state index is 12.8. The van der Waals surface area contributed by atoms with E-state index in [2.05, 4.69) is 17.2 Å². The van der Waals surface area contributed by atoms with Crippen molar-refractivity contribution in [3.63, 3.8) is 0 Å². The van der Waals surface area contributed by atoms with Gasteiger partial charge in [0.2, 0.25) is 0 Å². The SMILES string of the molecule is Cc1csc(CNC(C)c2ccc(F)cc2)n1. The molecule has 0 bridgehead atoms. The van der Waals surface area contributed by atoms with Crippen LogP contribution in [0.1, 0.15) is 29.2 Å². The second-order valence-corrected chi connectivity index (χ2v) is 4.98. The van der Waals surface area contributed by atoms with Crippen LogP contribution in [-0.2, 0) is 6.54 Å². The van der Waals surface area contributed by atoms with Gasteiger partial charge in [0.15, 0.2) is 0 Å². The van der Waals surface area contributed by atoms with E-state index in [9.17, 15) is 4.39 Å². The second kappa shape index (κ2) is 5.38. The number of hydrogen-bond acceptors (Lipinski definition) is 3. The van der Waals surface area contributed by atoms with Crippen molar-refractivity contribution in [3.8, 4) is 0 Å². The Balaban J connectivity index is 1.93. The third-order valence-corrected chi connectivity index (χ3v) is 3.56. The van der Waals surface area contributed by atoms with Crippen molar-refractivity contribution in [2.75, 3.05) is 0 Å². The molecule has 2 aromatic rings. The summed E-state index contributed by atoms with van der Waals surface area (Å²) in [5.41, 5.74) is 2.14. The maximum absolute atomic E-state index is 12.8. The Hall–Kier alpha value is -1.26. The lowest BCUT2D eigenvalue weighted by molar-refractivity contribution is 0.569. The molecule has 1 aromatic heterocycles. The summed E-state index contributed by atoms with van der Waals surface area (Å²) in [6, 6.07) is 6.78. The van der Waals surface area contributed by atoms with Crippen LogP contribution in [-0.4, -0.2) is 4.98 Å². The third kappa shape index (κ3) is 3.35. The summed E-state index contributed by atoms with van der Waals surface area (Å²) in [6.07, 6.45) is 0. The Morgan fingerprint density at radius 1 is 1.35 bits per heavy atom. The molecule has 0 spiro atoms. The number of nitrogens with one attached hydrogen (secondary N) is 1. The zero-order valence-electron chi connectivity index (χ0n) is 9.90. The molecule has 0 fully saturated rings. The molecule has 0 aliphatic rings. The van der Waals surface area contributed by atoms with Gasteiger partial charge in [-0.15, -0.1) is 11.3 Å². The molecular formula is C13H15FN2S. The number of hydrogen-bond donors (Lipinski definition) is 1. The zero-order valence-corrected chi connectivity index (χ0v) is 10.7. The molecule has 4 heteroatoms. The molecule has 1 atom stereocenters. The van der Waals surface area contributed by atoms with Crippen LogP contribution in [0.15, 0.2) is 29.6 Å². The quantitative estimate of drug-likeness (QED) is 0.899. The number of rotatable bonds is 4. The van der Waals surface area contributed by atoms with Crippen LogP contribution in [0.3, 0.4) is 0 Å². The molecule has 0 aliphatic heterocycles. The van der Waals surface area contributed by atoms with Gasteiger partial charge in [0.25, 0.3) is 0 Å². The van der Waals surface area contributed by atoms with Crippen molar-refractivity contribution in [2.45, 2.75) is 26.4 Å². The molecule has 1 aromatic carbocycles. The van der Waals surface area contributed by atoms with Crippen LogP contribution in [0.4, 0.5) is 4.39 Å². The van der Waals surface area contributed by atoms with Gasteiger partial charge in [-0.05, 0) is 31.5 Å². The molecule has 0 aliphatic carbocycles. The predicted octanol–water partition coefficient (Wildman–Crippen LogP) is 3.44. The first-order valence-corrected chi connectivity index (χ1v) is 6.43. The summed E-state index contributed by atoms with van der Waals surface area (Å²) in [5.74, 6) is -0.198. The fraction of sp³-hybridized carbons (Fsp3) is 0.308. The number of aromatic nitrogens is 1. The van der Waals surface area contributed by atoms with Crippen LogP contribution < -0.4 is 5.32 Å². The van der Waals surface area contributed by atoms with Gasteiger partial charge in [0.1, 0.15) is 10.8 Å². The molecular weight excluding hydrogens is 235 g/mol. The van der Waals surface area contributed by atoms with Gasteiger partial charge >= 0.3 is 0 Å². The Morgan fingerprint density at radius 3 is 2.65 bits per heavy atom. The number of aryl methyl sites for hydroxylation is 1. The fourth-order valence-corrected chi connectivity index (χ4v) is 2.32. The van der Waals surface area contributed by atoms with Crippen molar-refractivity contribution in [3.05, 3.63) is 51.7 Å². The summed E-state index contributed by atoms with van der Waals surface area (Å²) in [5, 5.41) is 6.49. The average molecular weight is 250 g/mol. The van der Waals surface area contributed by atoms with E-state index >= 15 is 0 Å². The smallest absolute Gasteiger partial charge is 0.123 e. The lowest BCUT2D eigenvalue weighted by atomic mass is 10.1. The minimum Gasteiger partial charge on any atom is -0.304 e. The van der Waals surface area contributed by atoms with Crippen molar-refractivity contribution >= 4 is 11.3 Å². The minimum atomic E-state index is -0.198. The first-order chi connectivity index (χ1) is 8.15. The van der Waals surface area contributed by atoms with Gasteiger partial charge in [0, 0.05) is 23.7 Å². The molecule has 1 unspecified atom stereocenters. The Kier molecular flexibility index (Phi) is 3.86. The predicted molar refractivity (Wildman–Crippen MR) is 68.5 cm³/mol. The highest BCUT2D eigenvalue weighted by Crippen LogP contribution is 2.15. The van der Waals surface area contributed by atoms with Gasteiger partial charge in [-0.3, -0.25) is 0 Å². The van der Waals surface area contributed by atoms with E-state index in [-0.39, 0.29) is 11.9 Å². The number of thiazole rings is 1. The van der Waals surface area contributed by atoms with Crippen LogP contribution in [0, 0.1) is 12.7 Å². The molecule has 1 heterocycles. The highest BCUT2D eigenvalue weighted by atomic mass is 32.1. The first kappa shape index (κ1) is 12.2. The molecule has 0 amide bonds. The highest BCUT2D eigenvalue weighted by molar-refractivity contribution is 7.09. The second-order valence-electron chi connectivity index (χ2n) is 4.04. The molecule has 1 N–H and O–H groups in total. The van der Waals surface area contributed by atoms with Gasteiger partial charge in [-0.2, -0.15) is 0 Å². The Bertz CT molecular complexity index is 478. The Labute approximate surface area is 105 Å². The van der Waals surface area contributed by atoms with Gasteiger partial charge < -0.3 is 5.32 Å². The van der Waals surface area contributed by atoms with Crippen LogP contribution in [0.5, 0.6) is 0 Å². The van der Waals surface area contributed by atoms with E-state index in [0.29, 0.717) is 0 Å². The molecule has 0 radical (unpaired) electrons. The van der Waals surface area contributed by atoms with E-state index in [1.807, 2.05) is 12.3 Å². The fourth-order valence-electron chi connectivity index (χ4n) is 1.59. The van der Waals surface area contributed by atoms with E-state index in [1.54, 1.807) is 23.5 Å². The molecule has 17 heavy (non-hydrogen) atoms. The lowest BCUT2D eigenvalue weighted by Crippen LogP contribution is -2.17. The summed E-state index contributed by atoms with van der Waals surface area (Å²) < 4.78 is 12.8. The zero-order chi connectivity index (χ0) is 12.3. The topological polar surface area (TPSA) is 24.9 Å². The van der Waals surface area contributed by atoms with Crippen LogP contribution in [0.2, 0.25) is 0 Å². The van der Waals surface area contributed by atoms with Gasteiger partial charge in [0.05, 0.1) is 0 Å². The maximum Gasteiger partial charge on any atom is 0.123 e. The average Bonchev–Trinajstić information content (AvgIpc) is 2.73. The minimum absolute atomic E-state index is 0.194. The number of benzene rings is 1. The highest BCUT2D eigenvalue weighted by Gasteiger charge is 2.06. The van der Waals surface area contributed by atoms with Crippen LogP contribution >= 0.6 is 11.3 Å². The van der Waals surface area contributed by atoms with Crippen molar-refractivity contribution in [2.24, 2.45) is 0 Å². The van der Waals surface area contributed by atoms with Crippen LogP contribution in [0.25, 0.3) is 0 Å². The number of halogens is 1. The Morgan fingerprint density at radius 2 is 2.06 bits per heavy atom. The lowest BCUT2D eigenvalue weighted by Gasteiger charge is -2.12. The summed E-state index contributed by atoms with van der Waals surface area (Å²) in [7, 11) is 0. The summed E-state index contributed by atoms with van der Waals surface area (Å²) in [4.78, 5) is 4.39. The summed E-state index contributed by atoms with van der Waals surface area (Å²) in [6.45, 7) is 4.80. The summed E-state index contributed by atoms with van der Waals surface area (Å²) >= 11 is 1.66. The van der Waals surface area contributed by atoms with Crippen molar-refractivity contribution < 1.29 is 4.39 Å². The largest absolute Gasteiger partial charge is 0.304 e. The normalized spacial score (nSPS) is 12.6. The van der Waals surface area contributed by atoms with Gasteiger partial charge in [-0.1, -0.05) is 12.1 Å². The molecule has 2 nitrogen and oxygen atoms in total. The molecule has 0 saturated heterocycles. The standard InChI is InChI=1S/C13H15FN2S/c1-9-8-17-13(16-9)7-15-10(2)11-3-5-12(14)6-4-11/h3-6,8,10,15H,7H2,1-2H3. The molecule has 90 valence electrons. The monoisotopic (exact) mass is 250 g/mol. The van der Waals surface area contributed by atoms with E-state index < -0.39 is 0 Å². The molecule has 0 saturated carbocycles. The van der Waals surface area contributed by atoms with E-state index in [0.717, 1.165) is 22.8 Å². The van der Waals surface area contributed by atoms with Crippen molar-refractivity contribution in [1.82, 2.24) is 10.3 Å².